The smallest absolute Gasteiger partial charge is 0.416 e. The molecule has 0 aliphatic carbocycles. The van der Waals surface area contributed by atoms with Gasteiger partial charge in [-0.2, -0.15) is 0 Å². The Morgan fingerprint density at radius 2 is 2.09 bits per heavy atom. The highest BCUT2D eigenvalue weighted by atomic mass is 79.9. The minimum absolute atomic E-state index is 0.175. The first-order valence-electron chi connectivity index (χ1n) is 7.17. The second kappa shape index (κ2) is 7.96. The lowest BCUT2D eigenvalue weighted by Gasteiger charge is -2.20. The van der Waals surface area contributed by atoms with Crippen molar-refractivity contribution in [3.63, 3.8) is 0 Å². The summed E-state index contributed by atoms with van der Waals surface area (Å²) in [7, 11) is 0. The van der Waals surface area contributed by atoms with Crippen LogP contribution in [0.25, 0.3) is 0 Å². The number of hydrogen-bond acceptors (Lipinski definition) is 6. The highest BCUT2D eigenvalue weighted by molar-refractivity contribution is 9.10. The lowest BCUT2D eigenvalue weighted by atomic mass is 10.1. The second-order valence-electron chi connectivity index (χ2n) is 4.82. The molecular formula is C15H17BrN2O5. The van der Waals surface area contributed by atoms with Gasteiger partial charge in [0, 0.05) is 10.2 Å². The summed E-state index contributed by atoms with van der Waals surface area (Å²) in [6.45, 7) is 2.27. The van der Waals surface area contributed by atoms with Gasteiger partial charge in [-0.25, -0.2) is 14.5 Å². The van der Waals surface area contributed by atoms with Crippen LogP contribution < -0.4 is 5.32 Å². The number of carbonyl (C=O) groups excluding carboxylic acids is 3. The summed E-state index contributed by atoms with van der Waals surface area (Å²) < 4.78 is 10.6. The Balaban J connectivity index is 2.07. The average Bonchev–Trinajstić information content (AvgIpc) is 2.95. The third-order valence-electron chi connectivity index (χ3n) is 3.20. The molecule has 1 aromatic carbocycles. The summed E-state index contributed by atoms with van der Waals surface area (Å²) in [4.78, 5) is 36.7. The van der Waals surface area contributed by atoms with Crippen molar-refractivity contribution in [1.82, 2.24) is 4.90 Å². The number of nitrogens with zero attached hydrogens (tertiary/aromatic N) is 1. The zero-order valence-corrected chi connectivity index (χ0v) is 14.2. The number of rotatable bonds is 6. The van der Waals surface area contributed by atoms with E-state index in [4.69, 9.17) is 9.47 Å². The largest absolute Gasteiger partial charge is 0.464 e. The van der Waals surface area contributed by atoms with Gasteiger partial charge in [0.15, 0.2) is 0 Å². The molecule has 7 nitrogen and oxygen atoms in total. The molecule has 23 heavy (non-hydrogen) atoms. The van der Waals surface area contributed by atoms with Crippen molar-refractivity contribution in [2.24, 2.45) is 0 Å². The maximum atomic E-state index is 12.2. The first-order chi connectivity index (χ1) is 11.0. The van der Waals surface area contributed by atoms with E-state index >= 15 is 0 Å². The highest BCUT2D eigenvalue weighted by Gasteiger charge is 2.32. The SMILES string of the molecule is CCOC(=O)[C@H](CC(=O)N1CCOC1=O)Nc1ccc(Br)cc1. The fourth-order valence-corrected chi connectivity index (χ4v) is 2.35. The molecule has 0 saturated carbocycles. The Morgan fingerprint density at radius 3 is 2.65 bits per heavy atom. The van der Waals surface area contributed by atoms with Crippen molar-refractivity contribution in [1.29, 1.82) is 0 Å². The van der Waals surface area contributed by atoms with Gasteiger partial charge in [0.25, 0.3) is 0 Å². The molecule has 0 unspecified atom stereocenters. The van der Waals surface area contributed by atoms with E-state index in [1.807, 2.05) is 12.1 Å². The number of anilines is 1. The average molecular weight is 385 g/mol. The van der Waals surface area contributed by atoms with Crippen molar-refractivity contribution in [3.8, 4) is 0 Å². The molecule has 1 fully saturated rings. The Labute approximate surface area is 142 Å². The van der Waals surface area contributed by atoms with Crippen LogP contribution in [0.1, 0.15) is 13.3 Å². The van der Waals surface area contributed by atoms with E-state index in [9.17, 15) is 14.4 Å². The number of nitrogens with one attached hydrogen (secondary N) is 1. The van der Waals surface area contributed by atoms with Crippen molar-refractivity contribution < 1.29 is 23.9 Å². The molecule has 1 heterocycles. The van der Waals surface area contributed by atoms with Crippen LogP contribution in [0.2, 0.25) is 0 Å². The van der Waals surface area contributed by atoms with Gasteiger partial charge in [-0.1, -0.05) is 15.9 Å². The molecule has 1 N–H and O–H groups in total. The molecule has 124 valence electrons. The van der Waals surface area contributed by atoms with E-state index in [2.05, 4.69) is 21.2 Å². The van der Waals surface area contributed by atoms with E-state index in [0.29, 0.717) is 5.69 Å². The van der Waals surface area contributed by atoms with Crippen molar-refractivity contribution in [2.75, 3.05) is 25.1 Å². The number of carbonyl (C=O) groups is 3. The first-order valence-corrected chi connectivity index (χ1v) is 7.96. The van der Waals surface area contributed by atoms with Crippen LogP contribution in [0.4, 0.5) is 10.5 Å². The minimum atomic E-state index is -0.878. The summed E-state index contributed by atoms with van der Waals surface area (Å²) >= 11 is 3.33. The Hall–Kier alpha value is -2.09. The highest BCUT2D eigenvalue weighted by Crippen LogP contribution is 2.17. The molecule has 0 radical (unpaired) electrons. The first kappa shape index (κ1) is 17.3. The van der Waals surface area contributed by atoms with Crippen LogP contribution in [-0.2, 0) is 19.1 Å². The van der Waals surface area contributed by atoms with Crippen LogP contribution in [0, 0.1) is 0 Å². The predicted molar refractivity (Wildman–Crippen MR) is 85.9 cm³/mol. The van der Waals surface area contributed by atoms with Crippen LogP contribution in [-0.4, -0.2) is 48.7 Å². The second-order valence-corrected chi connectivity index (χ2v) is 5.74. The number of benzene rings is 1. The monoisotopic (exact) mass is 384 g/mol. The van der Waals surface area contributed by atoms with Crippen molar-refractivity contribution >= 4 is 39.6 Å². The molecule has 1 aliphatic heterocycles. The molecule has 2 rings (SSSR count). The van der Waals surface area contributed by atoms with Crippen molar-refractivity contribution in [2.45, 2.75) is 19.4 Å². The number of ether oxygens (including phenoxy) is 2. The zero-order chi connectivity index (χ0) is 16.8. The maximum absolute atomic E-state index is 12.2. The van der Waals surface area contributed by atoms with Crippen molar-refractivity contribution in [3.05, 3.63) is 28.7 Å². The molecule has 2 amide bonds. The van der Waals surface area contributed by atoms with E-state index in [0.717, 1.165) is 9.37 Å². The lowest BCUT2D eigenvalue weighted by molar-refractivity contribution is -0.146. The number of amides is 2. The Kier molecular flexibility index (Phi) is 5.97. The molecule has 0 spiro atoms. The quantitative estimate of drug-likeness (QED) is 0.756. The molecule has 8 heteroatoms. The topological polar surface area (TPSA) is 84.9 Å². The van der Waals surface area contributed by atoms with Gasteiger partial charge in [0.05, 0.1) is 19.6 Å². The summed E-state index contributed by atoms with van der Waals surface area (Å²) in [5.41, 5.74) is 0.669. The van der Waals surface area contributed by atoms with Crippen LogP contribution in [0.5, 0.6) is 0 Å². The molecule has 0 aromatic heterocycles. The predicted octanol–water partition coefficient (Wildman–Crippen LogP) is 2.16. The summed E-state index contributed by atoms with van der Waals surface area (Å²) in [6, 6.07) is 6.28. The van der Waals surface area contributed by atoms with E-state index in [1.165, 1.54) is 0 Å². The maximum Gasteiger partial charge on any atom is 0.416 e. The van der Waals surface area contributed by atoms with Gasteiger partial charge in [0.1, 0.15) is 12.6 Å². The zero-order valence-electron chi connectivity index (χ0n) is 12.6. The molecule has 1 saturated heterocycles. The number of hydrogen-bond donors (Lipinski definition) is 1. The number of cyclic esters (lactones) is 1. The van der Waals surface area contributed by atoms with Gasteiger partial charge in [0.2, 0.25) is 5.91 Å². The fraction of sp³-hybridized carbons (Fsp3) is 0.400. The molecule has 1 aromatic rings. The Morgan fingerprint density at radius 1 is 1.39 bits per heavy atom. The third-order valence-corrected chi connectivity index (χ3v) is 3.73. The summed E-state index contributed by atoms with van der Waals surface area (Å²) in [5, 5.41) is 2.97. The number of halogens is 1. The molecule has 1 atom stereocenters. The third kappa shape index (κ3) is 4.69. The molecule has 1 aliphatic rings. The van der Waals surface area contributed by atoms with Gasteiger partial charge >= 0.3 is 12.1 Å². The van der Waals surface area contributed by atoms with Gasteiger partial charge in [-0.3, -0.25) is 4.79 Å². The van der Waals surface area contributed by atoms with E-state index in [-0.39, 0.29) is 26.2 Å². The standard InChI is InChI=1S/C15H17BrN2O5/c1-2-22-14(20)12(17-11-5-3-10(16)4-6-11)9-13(19)18-7-8-23-15(18)21/h3-6,12,17H,2,7-9H2,1H3/t12-/m0/s1. The normalized spacial score (nSPS) is 15.0. The van der Waals surface area contributed by atoms with Crippen LogP contribution in [0.3, 0.4) is 0 Å². The lowest BCUT2D eigenvalue weighted by Crippen LogP contribution is -2.40. The van der Waals surface area contributed by atoms with Gasteiger partial charge < -0.3 is 14.8 Å². The van der Waals surface area contributed by atoms with Gasteiger partial charge in [-0.15, -0.1) is 0 Å². The van der Waals surface area contributed by atoms with E-state index in [1.54, 1.807) is 19.1 Å². The van der Waals surface area contributed by atoms with Crippen LogP contribution >= 0.6 is 15.9 Å². The van der Waals surface area contributed by atoms with Gasteiger partial charge in [-0.05, 0) is 31.2 Å². The number of imide groups is 1. The Bertz CT molecular complexity index is 590. The van der Waals surface area contributed by atoms with E-state index < -0.39 is 24.0 Å². The number of esters is 1. The summed E-state index contributed by atoms with van der Waals surface area (Å²) in [6.07, 6.45) is -0.870. The summed E-state index contributed by atoms with van der Waals surface area (Å²) in [5.74, 6) is -1.02. The molecule has 0 bridgehead atoms. The van der Waals surface area contributed by atoms with Crippen LogP contribution in [0.15, 0.2) is 28.7 Å². The minimum Gasteiger partial charge on any atom is -0.464 e. The molecular weight excluding hydrogens is 368 g/mol. The fourth-order valence-electron chi connectivity index (χ4n) is 2.09.